The average Bonchev–Trinajstić information content (AvgIpc) is 2.97. The number of halogens is 2. The van der Waals surface area contributed by atoms with E-state index in [9.17, 15) is 0 Å². The van der Waals surface area contributed by atoms with E-state index >= 15 is 0 Å². The maximum Gasteiger partial charge on any atom is 0.0766 e. The fourth-order valence-corrected chi connectivity index (χ4v) is 4.60. The molecule has 2 rings (SSSR count). The zero-order valence-corrected chi connectivity index (χ0v) is 14.4. The molecule has 1 unspecified atom stereocenters. The van der Waals surface area contributed by atoms with Gasteiger partial charge in [0.2, 0.25) is 0 Å². The Balaban J connectivity index is 2.13. The Kier molecular flexibility index (Phi) is 5.31. The molecule has 0 aromatic carbocycles. The smallest absolute Gasteiger partial charge is 0.0766 e. The third kappa shape index (κ3) is 3.01. The Bertz CT molecular complexity index is 395. The summed E-state index contributed by atoms with van der Waals surface area (Å²) in [6, 6.07) is 0. The van der Waals surface area contributed by atoms with Crippen molar-refractivity contribution in [3.05, 3.63) is 15.9 Å². The first-order chi connectivity index (χ1) is 8.67. The van der Waals surface area contributed by atoms with Crippen LogP contribution in [0.4, 0.5) is 0 Å². The third-order valence-corrected chi connectivity index (χ3v) is 5.97. The first kappa shape index (κ1) is 14.6. The molecule has 0 radical (unpaired) electrons. The molecule has 18 heavy (non-hydrogen) atoms. The summed E-state index contributed by atoms with van der Waals surface area (Å²) in [5.41, 5.74) is 2.55. The number of aryl methyl sites for hydroxylation is 2. The van der Waals surface area contributed by atoms with Crippen LogP contribution >= 0.6 is 31.9 Å². The van der Waals surface area contributed by atoms with Crippen molar-refractivity contribution >= 4 is 31.9 Å². The van der Waals surface area contributed by atoms with Crippen molar-refractivity contribution in [2.75, 3.05) is 5.33 Å². The van der Waals surface area contributed by atoms with Crippen molar-refractivity contribution < 1.29 is 0 Å². The Hall–Kier alpha value is 0.170. The monoisotopic (exact) mass is 376 g/mol. The lowest BCUT2D eigenvalue weighted by Crippen LogP contribution is -2.18. The normalized spacial score (nSPS) is 18.4. The minimum atomic E-state index is 0.754. The second-order valence-corrected chi connectivity index (χ2v) is 6.79. The van der Waals surface area contributed by atoms with Crippen LogP contribution in [0.3, 0.4) is 0 Å². The number of nitrogens with zero attached hydrogens (tertiary/aromatic N) is 2. The molecule has 1 saturated carbocycles. The fraction of sp³-hybridized carbons (Fsp3) is 0.786. The molecule has 1 heterocycles. The minimum absolute atomic E-state index is 0.754. The molecule has 1 aromatic rings. The SMILES string of the molecule is CCc1nn(C)c(CC(CBr)C2CCCC2)c1Br. The average molecular weight is 378 g/mol. The fourth-order valence-electron chi connectivity index (χ4n) is 3.07. The maximum atomic E-state index is 4.60. The largest absolute Gasteiger partial charge is 0.271 e. The molecule has 0 amide bonds. The van der Waals surface area contributed by atoms with Crippen molar-refractivity contribution in [3.63, 3.8) is 0 Å². The minimum Gasteiger partial charge on any atom is -0.271 e. The Morgan fingerprint density at radius 3 is 2.56 bits per heavy atom. The molecule has 0 aliphatic heterocycles. The van der Waals surface area contributed by atoms with E-state index in [2.05, 4.69) is 55.6 Å². The molecule has 0 bridgehead atoms. The predicted molar refractivity (Wildman–Crippen MR) is 83.2 cm³/mol. The summed E-state index contributed by atoms with van der Waals surface area (Å²) in [5.74, 6) is 1.65. The number of hydrogen-bond donors (Lipinski definition) is 0. The summed E-state index contributed by atoms with van der Waals surface area (Å²) in [5, 5.41) is 5.70. The van der Waals surface area contributed by atoms with Gasteiger partial charge in [-0.15, -0.1) is 0 Å². The number of aromatic nitrogens is 2. The van der Waals surface area contributed by atoms with Crippen molar-refractivity contribution in [3.8, 4) is 0 Å². The Labute approximate surface area is 127 Å². The second-order valence-electron chi connectivity index (χ2n) is 5.35. The van der Waals surface area contributed by atoms with E-state index in [1.807, 2.05) is 0 Å². The molecule has 1 fully saturated rings. The molecule has 1 aliphatic carbocycles. The maximum absolute atomic E-state index is 4.60. The molecule has 102 valence electrons. The van der Waals surface area contributed by atoms with Crippen LogP contribution in [0.5, 0.6) is 0 Å². The van der Waals surface area contributed by atoms with Crippen LogP contribution in [-0.4, -0.2) is 15.1 Å². The molecule has 1 aromatic heterocycles. The standard InChI is InChI=1S/C14H22Br2N2/c1-3-12-14(16)13(18(2)17-12)8-11(9-15)10-6-4-5-7-10/h10-11H,3-9H2,1-2H3. The van der Waals surface area contributed by atoms with E-state index in [-0.39, 0.29) is 0 Å². The van der Waals surface area contributed by atoms with Gasteiger partial charge in [-0.2, -0.15) is 5.10 Å². The van der Waals surface area contributed by atoms with Crippen LogP contribution in [0.1, 0.15) is 44.0 Å². The highest BCUT2D eigenvalue weighted by atomic mass is 79.9. The van der Waals surface area contributed by atoms with Crippen molar-refractivity contribution in [1.82, 2.24) is 9.78 Å². The summed E-state index contributed by atoms with van der Waals surface area (Å²) in [6.07, 6.45) is 7.79. The lowest BCUT2D eigenvalue weighted by molar-refractivity contribution is 0.365. The van der Waals surface area contributed by atoms with Crippen molar-refractivity contribution in [1.29, 1.82) is 0 Å². The summed E-state index contributed by atoms with van der Waals surface area (Å²) in [7, 11) is 2.07. The van der Waals surface area contributed by atoms with E-state index in [0.29, 0.717) is 0 Å². The molecule has 1 aliphatic rings. The molecule has 4 heteroatoms. The summed E-state index contributed by atoms with van der Waals surface area (Å²) < 4.78 is 3.30. The summed E-state index contributed by atoms with van der Waals surface area (Å²) >= 11 is 7.44. The van der Waals surface area contributed by atoms with Gasteiger partial charge in [0.05, 0.1) is 15.9 Å². The molecule has 0 saturated heterocycles. The predicted octanol–water partition coefficient (Wildman–Crippen LogP) is 4.49. The van der Waals surface area contributed by atoms with Crippen LogP contribution in [0.2, 0.25) is 0 Å². The first-order valence-electron chi connectivity index (χ1n) is 6.93. The molecule has 0 spiro atoms. The van der Waals surface area contributed by atoms with Crippen LogP contribution in [0, 0.1) is 11.8 Å². The van der Waals surface area contributed by atoms with E-state index in [4.69, 9.17) is 0 Å². The Morgan fingerprint density at radius 2 is 2.06 bits per heavy atom. The lowest BCUT2D eigenvalue weighted by atomic mass is 9.88. The third-order valence-electron chi connectivity index (χ3n) is 4.22. The summed E-state index contributed by atoms with van der Waals surface area (Å²) in [4.78, 5) is 0. The van der Waals surface area contributed by atoms with Crippen molar-refractivity contribution in [2.24, 2.45) is 18.9 Å². The number of hydrogen-bond acceptors (Lipinski definition) is 1. The van der Waals surface area contributed by atoms with Gasteiger partial charge in [0.25, 0.3) is 0 Å². The van der Waals surface area contributed by atoms with E-state index < -0.39 is 0 Å². The Morgan fingerprint density at radius 1 is 1.39 bits per heavy atom. The van der Waals surface area contributed by atoms with Crippen LogP contribution in [-0.2, 0) is 19.9 Å². The topological polar surface area (TPSA) is 17.8 Å². The molecule has 1 atom stereocenters. The van der Waals surface area contributed by atoms with Crippen LogP contribution in [0.15, 0.2) is 4.47 Å². The number of alkyl halides is 1. The van der Waals surface area contributed by atoms with E-state index in [1.165, 1.54) is 41.5 Å². The quantitative estimate of drug-likeness (QED) is 0.691. The van der Waals surface area contributed by atoms with Gasteiger partial charge in [-0.3, -0.25) is 4.68 Å². The molecule has 0 N–H and O–H groups in total. The first-order valence-corrected chi connectivity index (χ1v) is 8.85. The van der Waals surface area contributed by atoms with Crippen LogP contribution in [0.25, 0.3) is 0 Å². The van der Waals surface area contributed by atoms with Crippen LogP contribution < -0.4 is 0 Å². The molecular weight excluding hydrogens is 356 g/mol. The van der Waals surface area contributed by atoms with Gasteiger partial charge in [-0.05, 0) is 40.6 Å². The van der Waals surface area contributed by atoms with Crippen molar-refractivity contribution in [2.45, 2.75) is 45.4 Å². The number of rotatable bonds is 5. The second kappa shape index (κ2) is 6.56. The highest BCUT2D eigenvalue weighted by molar-refractivity contribution is 9.10. The highest BCUT2D eigenvalue weighted by Gasteiger charge is 2.26. The zero-order chi connectivity index (χ0) is 13.1. The van der Waals surface area contributed by atoms with Gasteiger partial charge in [-0.25, -0.2) is 0 Å². The summed E-state index contributed by atoms with van der Waals surface area (Å²) in [6.45, 7) is 2.16. The van der Waals surface area contributed by atoms with E-state index in [0.717, 1.165) is 30.0 Å². The highest BCUT2D eigenvalue weighted by Crippen LogP contribution is 2.35. The van der Waals surface area contributed by atoms with Gasteiger partial charge in [0.15, 0.2) is 0 Å². The van der Waals surface area contributed by atoms with E-state index in [1.54, 1.807) is 0 Å². The van der Waals surface area contributed by atoms with Gasteiger partial charge >= 0.3 is 0 Å². The molecule has 2 nitrogen and oxygen atoms in total. The zero-order valence-electron chi connectivity index (χ0n) is 11.3. The lowest BCUT2D eigenvalue weighted by Gasteiger charge is -2.21. The van der Waals surface area contributed by atoms with Gasteiger partial charge < -0.3 is 0 Å². The van der Waals surface area contributed by atoms with Gasteiger partial charge in [-0.1, -0.05) is 48.5 Å². The van der Waals surface area contributed by atoms with Gasteiger partial charge in [0, 0.05) is 12.4 Å². The van der Waals surface area contributed by atoms with Gasteiger partial charge in [0.1, 0.15) is 0 Å². The molecular formula is C14H22Br2N2.